The van der Waals surface area contributed by atoms with E-state index in [2.05, 4.69) is 11.0 Å². The number of imide groups is 1. The third-order valence-electron chi connectivity index (χ3n) is 7.11. The standard InChI is InChI=1S/C29H27N3O2/c33-28-26(22-10-3-1-4-11-22)27(31-20-17-21-9-5-6-12-25(21)31)29(34)32(28)24-15-13-23(14-16-24)30-18-7-2-8-19-30/h1,3-6,9-16H,2,7-8,17-20H2. The highest BCUT2D eigenvalue weighted by molar-refractivity contribution is 6.46. The van der Waals surface area contributed by atoms with Crippen LogP contribution < -0.4 is 14.7 Å². The number of amides is 2. The van der Waals surface area contributed by atoms with Crippen molar-refractivity contribution in [3.05, 3.63) is 95.7 Å². The molecular weight excluding hydrogens is 422 g/mol. The van der Waals surface area contributed by atoms with E-state index in [0.717, 1.165) is 36.4 Å². The number of carbonyl (C=O) groups excluding carboxylic acids is 2. The molecule has 34 heavy (non-hydrogen) atoms. The van der Waals surface area contributed by atoms with Crippen LogP contribution in [0.1, 0.15) is 30.4 Å². The zero-order chi connectivity index (χ0) is 23.1. The lowest BCUT2D eigenvalue weighted by Gasteiger charge is -2.29. The van der Waals surface area contributed by atoms with Crippen LogP contribution in [0.15, 0.2) is 84.6 Å². The first-order valence-electron chi connectivity index (χ1n) is 12.1. The molecule has 0 unspecified atom stereocenters. The van der Waals surface area contributed by atoms with Gasteiger partial charge in [0, 0.05) is 31.0 Å². The maximum Gasteiger partial charge on any atom is 0.282 e. The van der Waals surface area contributed by atoms with Gasteiger partial charge in [-0.1, -0.05) is 48.5 Å². The molecule has 1 saturated heterocycles. The lowest BCUT2D eigenvalue weighted by Crippen LogP contribution is -2.35. The van der Waals surface area contributed by atoms with Gasteiger partial charge in [0.1, 0.15) is 5.70 Å². The second-order valence-electron chi connectivity index (χ2n) is 9.13. The van der Waals surface area contributed by atoms with Crippen LogP contribution in [0.4, 0.5) is 17.1 Å². The minimum Gasteiger partial charge on any atom is -0.372 e. The Hall–Kier alpha value is -3.86. The van der Waals surface area contributed by atoms with Crippen LogP contribution in [0.25, 0.3) is 5.57 Å². The van der Waals surface area contributed by atoms with Crippen LogP contribution in [-0.2, 0) is 16.0 Å². The minimum atomic E-state index is -0.263. The number of para-hydroxylation sites is 1. The lowest BCUT2D eigenvalue weighted by atomic mass is 10.0. The molecule has 3 aliphatic heterocycles. The lowest BCUT2D eigenvalue weighted by molar-refractivity contribution is -0.120. The molecule has 6 rings (SSSR count). The van der Waals surface area contributed by atoms with E-state index in [1.54, 1.807) is 0 Å². The van der Waals surface area contributed by atoms with Crippen molar-refractivity contribution < 1.29 is 9.59 Å². The van der Waals surface area contributed by atoms with Gasteiger partial charge in [0.05, 0.1) is 11.3 Å². The SMILES string of the molecule is O=C1C(c2ccccc2)=C(N2CCc3ccccc32)C(=O)N1c1ccc(N2CCCCC2)cc1. The topological polar surface area (TPSA) is 43.9 Å². The van der Waals surface area contributed by atoms with Crippen LogP contribution in [0.5, 0.6) is 0 Å². The summed E-state index contributed by atoms with van der Waals surface area (Å²) in [4.78, 5) is 33.4. The van der Waals surface area contributed by atoms with Crippen molar-refractivity contribution in [2.75, 3.05) is 34.3 Å². The second kappa shape index (κ2) is 8.49. The maximum absolute atomic E-state index is 13.9. The summed E-state index contributed by atoms with van der Waals surface area (Å²) in [6.07, 6.45) is 4.54. The van der Waals surface area contributed by atoms with Crippen molar-refractivity contribution >= 4 is 34.4 Å². The minimum absolute atomic E-state index is 0.258. The number of fused-ring (bicyclic) bond motifs is 1. The number of hydrogen-bond donors (Lipinski definition) is 0. The summed E-state index contributed by atoms with van der Waals surface area (Å²) >= 11 is 0. The molecule has 3 aromatic carbocycles. The third-order valence-corrected chi connectivity index (χ3v) is 7.11. The average Bonchev–Trinajstić information content (AvgIpc) is 3.43. The Kier molecular flexibility index (Phi) is 5.17. The van der Waals surface area contributed by atoms with Gasteiger partial charge in [0.2, 0.25) is 0 Å². The molecular formula is C29H27N3O2. The van der Waals surface area contributed by atoms with Gasteiger partial charge in [0.15, 0.2) is 0 Å². The number of piperidine rings is 1. The molecule has 0 spiro atoms. The molecule has 0 radical (unpaired) electrons. The predicted molar refractivity (Wildman–Crippen MR) is 136 cm³/mol. The first kappa shape index (κ1) is 20.7. The normalized spacial score (nSPS) is 18.2. The Morgan fingerprint density at radius 3 is 2.06 bits per heavy atom. The largest absolute Gasteiger partial charge is 0.372 e. The van der Waals surface area contributed by atoms with E-state index in [4.69, 9.17) is 0 Å². The fourth-order valence-electron chi connectivity index (χ4n) is 5.40. The van der Waals surface area contributed by atoms with E-state index in [9.17, 15) is 9.59 Å². The maximum atomic E-state index is 13.9. The Bertz CT molecular complexity index is 1270. The number of carbonyl (C=O) groups is 2. The number of nitrogens with zero attached hydrogens (tertiary/aromatic N) is 3. The summed E-state index contributed by atoms with van der Waals surface area (Å²) in [5, 5.41) is 0. The van der Waals surface area contributed by atoms with Crippen molar-refractivity contribution in [2.24, 2.45) is 0 Å². The highest BCUT2D eigenvalue weighted by atomic mass is 16.2. The van der Waals surface area contributed by atoms with E-state index >= 15 is 0 Å². The van der Waals surface area contributed by atoms with Crippen molar-refractivity contribution in [2.45, 2.75) is 25.7 Å². The van der Waals surface area contributed by atoms with E-state index in [-0.39, 0.29) is 11.8 Å². The highest BCUT2D eigenvalue weighted by Gasteiger charge is 2.44. The average molecular weight is 450 g/mol. The summed E-state index contributed by atoms with van der Waals surface area (Å²) in [6, 6.07) is 25.6. The van der Waals surface area contributed by atoms with Crippen molar-refractivity contribution in [1.29, 1.82) is 0 Å². The van der Waals surface area contributed by atoms with E-state index in [1.165, 1.54) is 29.7 Å². The molecule has 0 atom stereocenters. The molecule has 0 bridgehead atoms. The zero-order valence-electron chi connectivity index (χ0n) is 19.1. The molecule has 3 aromatic rings. The Morgan fingerprint density at radius 1 is 0.618 bits per heavy atom. The molecule has 3 aliphatic rings. The second-order valence-corrected chi connectivity index (χ2v) is 9.13. The van der Waals surface area contributed by atoms with Gasteiger partial charge in [-0.3, -0.25) is 9.59 Å². The predicted octanol–water partition coefficient (Wildman–Crippen LogP) is 5.02. The van der Waals surface area contributed by atoms with Crippen LogP contribution in [0.3, 0.4) is 0 Å². The molecule has 5 heteroatoms. The summed E-state index contributed by atoms with van der Waals surface area (Å²) in [5.74, 6) is -0.521. The van der Waals surface area contributed by atoms with Gasteiger partial charge in [-0.2, -0.15) is 0 Å². The van der Waals surface area contributed by atoms with Crippen LogP contribution >= 0.6 is 0 Å². The molecule has 2 amide bonds. The monoisotopic (exact) mass is 449 g/mol. The van der Waals surface area contributed by atoms with Crippen LogP contribution in [0, 0.1) is 0 Å². The van der Waals surface area contributed by atoms with Crippen molar-refractivity contribution in [3.63, 3.8) is 0 Å². The molecule has 1 fully saturated rings. The highest BCUT2D eigenvalue weighted by Crippen LogP contribution is 2.40. The molecule has 3 heterocycles. The van der Waals surface area contributed by atoms with Crippen molar-refractivity contribution in [3.8, 4) is 0 Å². The number of rotatable bonds is 4. The zero-order valence-corrected chi connectivity index (χ0v) is 19.1. The summed E-state index contributed by atoms with van der Waals surface area (Å²) in [5.41, 5.74) is 5.69. The van der Waals surface area contributed by atoms with E-state index in [0.29, 0.717) is 23.5 Å². The summed E-state index contributed by atoms with van der Waals surface area (Å²) in [6.45, 7) is 2.80. The number of anilines is 3. The van der Waals surface area contributed by atoms with Gasteiger partial charge in [-0.15, -0.1) is 0 Å². The molecule has 5 nitrogen and oxygen atoms in total. The molecule has 170 valence electrons. The Labute approximate surface area is 199 Å². The third kappa shape index (κ3) is 3.39. The quantitative estimate of drug-likeness (QED) is 0.525. The van der Waals surface area contributed by atoms with E-state index in [1.807, 2.05) is 77.7 Å². The molecule has 0 saturated carbocycles. The van der Waals surface area contributed by atoms with Gasteiger partial charge >= 0.3 is 0 Å². The number of benzene rings is 3. The van der Waals surface area contributed by atoms with Crippen LogP contribution in [-0.4, -0.2) is 31.4 Å². The van der Waals surface area contributed by atoms with Gasteiger partial charge in [-0.05, 0) is 67.1 Å². The van der Waals surface area contributed by atoms with Crippen LogP contribution in [0.2, 0.25) is 0 Å². The van der Waals surface area contributed by atoms with Gasteiger partial charge in [-0.25, -0.2) is 4.90 Å². The smallest absolute Gasteiger partial charge is 0.282 e. The summed E-state index contributed by atoms with van der Waals surface area (Å²) in [7, 11) is 0. The Balaban J connectivity index is 1.40. The fraction of sp³-hybridized carbons (Fsp3) is 0.241. The van der Waals surface area contributed by atoms with Crippen molar-refractivity contribution in [1.82, 2.24) is 0 Å². The van der Waals surface area contributed by atoms with Gasteiger partial charge < -0.3 is 9.80 Å². The number of hydrogen-bond acceptors (Lipinski definition) is 4. The summed E-state index contributed by atoms with van der Waals surface area (Å²) < 4.78 is 0. The fourth-order valence-corrected chi connectivity index (χ4v) is 5.40. The molecule has 0 aromatic heterocycles. The Morgan fingerprint density at radius 2 is 1.29 bits per heavy atom. The molecule has 0 N–H and O–H groups in total. The first-order valence-corrected chi connectivity index (χ1v) is 12.1. The van der Waals surface area contributed by atoms with Gasteiger partial charge in [0.25, 0.3) is 11.8 Å². The molecule has 0 aliphatic carbocycles. The van der Waals surface area contributed by atoms with E-state index < -0.39 is 0 Å². The first-order chi connectivity index (χ1) is 16.7.